The molecule has 204 valence electrons. The first-order chi connectivity index (χ1) is 18.2. The van der Waals surface area contributed by atoms with E-state index >= 15 is 4.39 Å². The summed E-state index contributed by atoms with van der Waals surface area (Å²) >= 11 is 6.37. The van der Waals surface area contributed by atoms with Crippen LogP contribution in [0.15, 0.2) is 42.6 Å². The molecular weight excluding hydrogens is 517 g/mol. The van der Waals surface area contributed by atoms with Gasteiger partial charge in [-0.15, -0.1) is 0 Å². The zero-order valence-electron chi connectivity index (χ0n) is 21.4. The number of halogens is 4. The first kappa shape index (κ1) is 28.2. The van der Waals surface area contributed by atoms with Gasteiger partial charge in [-0.25, -0.2) is 13.2 Å². The molecule has 5 nitrogen and oxygen atoms in total. The maximum Gasteiger partial charge on any atom is 0.303 e. The standard InChI is InChI=1S/C29H32ClF3N2O3/c1-38-19-7-8-26-21(16-19)28(22(30)18-34-26)25(33)9-10-29(17-27(36)37)11-14-35(15-12-29)13-3-4-20-23(31)5-2-6-24(20)32/h2,5-8,16,18,25H,3-4,9-15,17H2,1H3,(H,36,37). The number of piperidine rings is 1. The summed E-state index contributed by atoms with van der Waals surface area (Å²) in [5, 5.41) is 10.4. The minimum atomic E-state index is -1.39. The number of carboxylic acid groups (broad SMARTS) is 1. The van der Waals surface area contributed by atoms with Crippen LogP contribution < -0.4 is 4.74 Å². The van der Waals surface area contributed by atoms with Gasteiger partial charge in [0.05, 0.1) is 24.1 Å². The molecule has 9 heteroatoms. The molecule has 2 heterocycles. The summed E-state index contributed by atoms with van der Waals surface area (Å²) in [6, 6.07) is 9.09. The monoisotopic (exact) mass is 548 g/mol. The minimum Gasteiger partial charge on any atom is -0.497 e. The largest absolute Gasteiger partial charge is 0.497 e. The number of alkyl halides is 1. The van der Waals surface area contributed by atoms with Crippen LogP contribution >= 0.6 is 11.6 Å². The number of ether oxygens (including phenoxy) is 1. The summed E-state index contributed by atoms with van der Waals surface area (Å²) in [5.41, 5.74) is 0.520. The fourth-order valence-electron chi connectivity index (χ4n) is 5.53. The number of hydrogen-bond donors (Lipinski definition) is 1. The molecule has 4 rings (SSSR count). The lowest BCUT2D eigenvalue weighted by atomic mass is 9.71. The smallest absolute Gasteiger partial charge is 0.303 e. The van der Waals surface area contributed by atoms with Gasteiger partial charge in [-0.2, -0.15) is 0 Å². The van der Waals surface area contributed by atoms with Gasteiger partial charge in [-0.1, -0.05) is 17.7 Å². The average molecular weight is 549 g/mol. The topological polar surface area (TPSA) is 62.7 Å². The summed E-state index contributed by atoms with van der Waals surface area (Å²) in [5.74, 6) is -1.40. The lowest BCUT2D eigenvalue weighted by Gasteiger charge is -2.41. The molecule has 1 fully saturated rings. The normalized spacial score (nSPS) is 16.4. The van der Waals surface area contributed by atoms with E-state index in [2.05, 4.69) is 9.88 Å². The van der Waals surface area contributed by atoms with E-state index in [4.69, 9.17) is 16.3 Å². The van der Waals surface area contributed by atoms with E-state index < -0.39 is 29.2 Å². The van der Waals surface area contributed by atoms with Crippen molar-refractivity contribution in [3.63, 3.8) is 0 Å². The number of rotatable bonds is 11. The van der Waals surface area contributed by atoms with E-state index in [-0.39, 0.29) is 23.4 Å². The van der Waals surface area contributed by atoms with Crippen molar-refractivity contribution in [1.29, 1.82) is 0 Å². The summed E-state index contributed by atoms with van der Waals surface area (Å²) in [6.07, 6.45) is 2.66. The minimum absolute atomic E-state index is 0.0351. The van der Waals surface area contributed by atoms with Crippen molar-refractivity contribution in [3.8, 4) is 5.75 Å². The van der Waals surface area contributed by atoms with Crippen LogP contribution in [0.25, 0.3) is 10.9 Å². The van der Waals surface area contributed by atoms with E-state index in [1.165, 1.54) is 31.5 Å². The molecule has 0 spiro atoms. The SMILES string of the molecule is COc1ccc2ncc(Cl)c(C(F)CCC3(CC(=O)O)CCN(CCCc4c(F)cccc4F)CC3)c2c1. The van der Waals surface area contributed by atoms with Crippen LogP contribution in [-0.4, -0.2) is 47.7 Å². The third-order valence-corrected chi connectivity index (χ3v) is 8.02. The highest BCUT2D eigenvalue weighted by Crippen LogP contribution is 2.44. The number of aliphatic carboxylic acids is 1. The Morgan fingerprint density at radius 3 is 2.58 bits per heavy atom. The van der Waals surface area contributed by atoms with Crippen LogP contribution in [0.3, 0.4) is 0 Å². The summed E-state index contributed by atoms with van der Waals surface area (Å²) in [4.78, 5) is 18.2. The van der Waals surface area contributed by atoms with Gasteiger partial charge in [0.1, 0.15) is 23.6 Å². The maximum atomic E-state index is 15.7. The van der Waals surface area contributed by atoms with Crippen molar-refractivity contribution in [3.05, 3.63) is 70.4 Å². The Morgan fingerprint density at radius 2 is 1.92 bits per heavy atom. The predicted molar refractivity (Wildman–Crippen MR) is 141 cm³/mol. The highest BCUT2D eigenvalue weighted by Gasteiger charge is 2.37. The van der Waals surface area contributed by atoms with E-state index in [1.807, 2.05) is 0 Å². The van der Waals surface area contributed by atoms with Crippen LogP contribution in [0.2, 0.25) is 5.02 Å². The highest BCUT2D eigenvalue weighted by molar-refractivity contribution is 6.32. The number of likely N-dealkylation sites (tertiary alicyclic amines) is 1. The fourth-order valence-corrected chi connectivity index (χ4v) is 5.80. The lowest BCUT2D eigenvalue weighted by molar-refractivity contribution is -0.141. The van der Waals surface area contributed by atoms with Gasteiger partial charge in [0.25, 0.3) is 0 Å². The Kier molecular flexibility index (Phi) is 9.15. The molecule has 1 N–H and O–H groups in total. The molecule has 1 atom stereocenters. The van der Waals surface area contributed by atoms with Gasteiger partial charge in [0.2, 0.25) is 0 Å². The number of pyridine rings is 1. The molecule has 38 heavy (non-hydrogen) atoms. The Balaban J connectivity index is 1.39. The number of carbonyl (C=O) groups is 1. The van der Waals surface area contributed by atoms with Crippen molar-refractivity contribution < 1.29 is 27.8 Å². The van der Waals surface area contributed by atoms with Crippen LogP contribution in [0.4, 0.5) is 13.2 Å². The summed E-state index contributed by atoms with van der Waals surface area (Å²) in [7, 11) is 1.53. The van der Waals surface area contributed by atoms with Gasteiger partial charge in [0, 0.05) is 22.7 Å². The van der Waals surface area contributed by atoms with Gasteiger partial charge < -0.3 is 14.7 Å². The molecule has 0 radical (unpaired) electrons. The summed E-state index contributed by atoms with van der Waals surface area (Å²) in [6.45, 7) is 1.96. The Bertz CT molecular complexity index is 1260. The molecule has 0 saturated carbocycles. The van der Waals surface area contributed by atoms with E-state index in [1.54, 1.807) is 18.2 Å². The second-order valence-corrected chi connectivity index (χ2v) is 10.5. The number of carboxylic acids is 1. The number of aromatic nitrogens is 1. The molecule has 1 unspecified atom stereocenters. The average Bonchev–Trinajstić information content (AvgIpc) is 2.89. The Morgan fingerprint density at radius 1 is 1.21 bits per heavy atom. The number of fused-ring (bicyclic) bond motifs is 1. The van der Waals surface area contributed by atoms with Crippen LogP contribution in [0.5, 0.6) is 5.75 Å². The van der Waals surface area contributed by atoms with Gasteiger partial charge in [-0.05, 0) is 93.9 Å². The molecule has 0 aliphatic carbocycles. The predicted octanol–water partition coefficient (Wildman–Crippen LogP) is 7.16. The fraction of sp³-hybridized carbons (Fsp3) is 0.448. The first-order valence-corrected chi connectivity index (χ1v) is 13.2. The van der Waals surface area contributed by atoms with Crippen molar-refractivity contribution >= 4 is 28.5 Å². The van der Waals surface area contributed by atoms with E-state index in [9.17, 15) is 18.7 Å². The third kappa shape index (κ3) is 6.59. The molecule has 1 aliphatic heterocycles. The quantitative estimate of drug-likeness (QED) is 0.275. The molecule has 0 bridgehead atoms. The van der Waals surface area contributed by atoms with E-state index in [0.29, 0.717) is 74.0 Å². The highest BCUT2D eigenvalue weighted by atomic mass is 35.5. The second kappa shape index (κ2) is 12.3. The van der Waals surface area contributed by atoms with Gasteiger partial charge in [-0.3, -0.25) is 9.78 Å². The van der Waals surface area contributed by atoms with Crippen molar-refractivity contribution in [1.82, 2.24) is 9.88 Å². The molecule has 0 amide bonds. The van der Waals surface area contributed by atoms with Gasteiger partial charge >= 0.3 is 5.97 Å². The summed E-state index contributed by atoms with van der Waals surface area (Å²) < 4.78 is 48.8. The second-order valence-electron chi connectivity index (χ2n) is 10.1. The Labute approximate surface area is 225 Å². The molecule has 1 saturated heterocycles. The third-order valence-electron chi connectivity index (χ3n) is 7.72. The number of hydrogen-bond acceptors (Lipinski definition) is 4. The maximum absolute atomic E-state index is 15.7. The van der Waals surface area contributed by atoms with Crippen LogP contribution in [0.1, 0.15) is 55.8 Å². The van der Waals surface area contributed by atoms with Crippen LogP contribution in [0, 0.1) is 17.0 Å². The molecule has 3 aromatic rings. The molecule has 1 aromatic heterocycles. The lowest BCUT2D eigenvalue weighted by Crippen LogP contribution is -2.41. The van der Waals surface area contributed by atoms with Crippen molar-refractivity contribution in [2.75, 3.05) is 26.7 Å². The Hall–Kier alpha value is -2.84. The van der Waals surface area contributed by atoms with Crippen molar-refractivity contribution in [2.24, 2.45) is 5.41 Å². The first-order valence-electron chi connectivity index (χ1n) is 12.8. The van der Waals surface area contributed by atoms with E-state index in [0.717, 1.165) is 0 Å². The zero-order valence-corrected chi connectivity index (χ0v) is 22.1. The number of methoxy groups -OCH3 is 1. The molecule has 2 aromatic carbocycles. The van der Waals surface area contributed by atoms with Crippen LogP contribution in [-0.2, 0) is 11.2 Å². The van der Waals surface area contributed by atoms with Gasteiger partial charge in [0.15, 0.2) is 0 Å². The number of benzene rings is 2. The molecule has 1 aliphatic rings. The van der Waals surface area contributed by atoms with Crippen molar-refractivity contribution in [2.45, 2.75) is 51.1 Å². The number of nitrogens with zero attached hydrogens (tertiary/aromatic N) is 2. The molecular formula is C29H32ClF3N2O3. The zero-order chi connectivity index (χ0) is 27.3.